The molecule has 0 saturated carbocycles. The molecule has 0 radical (unpaired) electrons. The minimum atomic E-state index is -0.850. The molecule has 1 aliphatic rings. The van der Waals surface area contributed by atoms with Crippen molar-refractivity contribution in [1.82, 2.24) is 20.3 Å². The molecule has 0 spiro atoms. The fourth-order valence-corrected chi connectivity index (χ4v) is 3.12. The van der Waals surface area contributed by atoms with Crippen LogP contribution in [0.15, 0.2) is 30.5 Å². The summed E-state index contributed by atoms with van der Waals surface area (Å²) in [5.74, 6) is 0. The highest BCUT2D eigenvalue weighted by Crippen LogP contribution is 2.30. The van der Waals surface area contributed by atoms with Crippen LogP contribution in [-0.4, -0.2) is 45.1 Å². The van der Waals surface area contributed by atoms with E-state index in [9.17, 15) is 5.11 Å². The van der Waals surface area contributed by atoms with Gasteiger partial charge in [-0.25, -0.2) is 0 Å². The second-order valence-electron chi connectivity index (χ2n) is 5.79. The lowest BCUT2D eigenvalue weighted by Crippen LogP contribution is -2.32. The van der Waals surface area contributed by atoms with E-state index in [4.69, 9.17) is 0 Å². The molecule has 0 aliphatic carbocycles. The highest BCUT2D eigenvalue weighted by Gasteiger charge is 2.39. The van der Waals surface area contributed by atoms with Crippen molar-refractivity contribution in [1.29, 1.82) is 0 Å². The molecule has 5 nitrogen and oxygen atoms in total. The molecule has 0 amide bonds. The molecule has 1 aliphatic heterocycles. The van der Waals surface area contributed by atoms with Gasteiger partial charge in [0.15, 0.2) is 0 Å². The molecule has 1 atom stereocenters. The Bertz CT molecular complexity index is 584. The van der Waals surface area contributed by atoms with Crippen LogP contribution in [-0.2, 0) is 18.4 Å². The summed E-state index contributed by atoms with van der Waals surface area (Å²) in [6.45, 7) is 4.70. The number of nitrogens with one attached hydrogen (secondary N) is 1. The lowest BCUT2D eigenvalue weighted by molar-refractivity contribution is 0.0418. The average molecular weight is 286 g/mol. The summed E-state index contributed by atoms with van der Waals surface area (Å²) in [5.41, 5.74) is 2.64. The number of rotatable bonds is 5. The molecule has 0 bridgehead atoms. The monoisotopic (exact) mass is 286 g/mol. The zero-order valence-corrected chi connectivity index (χ0v) is 12.4. The summed E-state index contributed by atoms with van der Waals surface area (Å²) in [7, 11) is 0. The van der Waals surface area contributed by atoms with Gasteiger partial charge in [0.1, 0.15) is 11.3 Å². The summed E-state index contributed by atoms with van der Waals surface area (Å²) in [5, 5.41) is 21.1. The molecule has 5 heteroatoms. The zero-order valence-electron chi connectivity index (χ0n) is 12.4. The van der Waals surface area contributed by atoms with E-state index in [1.54, 1.807) is 6.20 Å². The van der Waals surface area contributed by atoms with E-state index in [0.29, 0.717) is 12.2 Å². The van der Waals surface area contributed by atoms with Crippen molar-refractivity contribution in [2.24, 2.45) is 0 Å². The van der Waals surface area contributed by atoms with Crippen LogP contribution in [0.2, 0.25) is 0 Å². The largest absolute Gasteiger partial charge is 0.382 e. The molecule has 2 N–H and O–H groups in total. The predicted molar refractivity (Wildman–Crippen MR) is 80.9 cm³/mol. The molecule has 1 aromatic carbocycles. The SMILES string of the molecule is CCc1ccccc1CCN1CCC(O)(c2cn[nH]n2)C1. The van der Waals surface area contributed by atoms with Gasteiger partial charge in [0.2, 0.25) is 0 Å². The fourth-order valence-electron chi connectivity index (χ4n) is 3.12. The number of aryl methyl sites for hydroxylation is 1. The molecular formula is C16H22N4O. The zero-order chi connectivity index (χ0) is 14.7. The van der Waals surface area contributed by atoms with Gasteiger partial charge >= 0.3 is 0 Å². The van der Waals surface area contributed by atoms with Crippen LogP contribution >= 0.6 is 0 Å². The highest BCUT2D eigenvalue weighted by molar-refractivity contribution is 5.27. The third kappa shape index (κ3) is 2.99. The van der Waals surface area contributed by atoms with Gasteiger partial charge < -0.3 is 5.11 Å². The smallest absolute Gasteiger partial charge is 0.124 e. The number of nitrogens with zero attached hydrogens (tertiary/aromatic N) is 3. The Labute approximate surface area is 125 Å². The molecule has 1 fully saturated rings. The minimum absolute atomic E-state index is 0.633. The van der Waals surface area contributed by atoms with Gasteiger partial charge in [0.05, 0.1) is 6.20 Å². The van der Waals surface area contributed by atoms with E-state index >= 15 is 0 Å². The predicted octanol–water partition coefficient (Wildman–Crippen LogP) is 1.50. The van der Waals surface area contributed by atoms with E-state index in [-0.39, 0.29) is 0 Å². The molecule has 1 aromatic heterocycles. The van der Waals surface area contributed by atoms with Crippen molar-refractivity contribution in [2.75, 3.05) is 19.6 Å². The van der Waals surface area contributed by atoms with E-state index in [2.05, 4.69) is 51.5 Å². The van der Waals surface area contributed by atoms with Crippen LogP contribution in [0.5, 0.6) is 0 Å². The van der Waals surface area contributed by atoms with Gasteiger partial charge in [-0.2, -0.15) is 15.4 Å². The van der Waals surface area contributed by atoms with Crippen molar-refractivity contribution in [2.45, 2.75) is 31.8 Å². The summed E-state index contributed by atoms with van der Waals surface area (Å²) >= 11 is 0. The fraction of sp³-hybridized carbons (Fsp3) is 0.500. The molecule has 112 valence electrons. The van der Waals surface area contributed by atoms with E-state index in [1.807, 2.05) is 0 Å². The van der Waals surface area contributed by atoms with Crippen LogP contribution in [0.25, 0.3) is 0 Å². The lowest BCUT2D eigenvalue weighted by atomic mass is 10.00. The van der Waals surface area contributed by atoms with E-state index < -0.39 is 5.60 Å². The Morgan fingerprint density at radius 2 is 2.14 bits per heavy atom. The maximum absolute atomic E-state index is 10.7. The number of β-amino-alcohol motifs (C(OH)–C–C–N with tert-alkyl or cyclic N) is 1. The van der Waals surface area contributed by atoms with Gasteiger partial charge in [-0.1, -0.05) is 31.2 Å². The van der Waals surface area contributed by atoms with Crippen LogP contribution in [0.3, 0.4) is 0 Å². The first-order valence-electron chi connectivity index (χ1n) is 7.59. The summed E-state index contributed by atoms with van der Waals surface area (Å²) < 4.78 is 0. The Morgan fingerprint density at radius 1 is 1.33 bits per heavy atom. The molecule has 1 unspecified atom stereocenters. The van der Waals surface area contributed by atoms with Crippen molar-refractivity contribution >= 4 is 0 Å². The van der Waals surface area contributed by atoms with Crippen molar-refractivity contribution in [3.63, 3.8) is 0 Å². The third-order valence-corrected chi connectivity index (χ3v) is 4.42. The molecule has 1 saturated heterocycles. The Hall–Kier alpha value is -1.72. The van der Waals surface area contributed by atoms with Crippen LogP contribution in [0.4, 0.5) is 0 Å². The normalized spacial score (nSPS) is 22.8. The number of aromatic amines is 1. The summed E-state index contributed by atoms with van der Waals surface area (Å²) in [6, 6.07) is 8.61. The standard InChI is InChI=1S/C16H22N4O/c1-2-13-5-3-4-6-14(13)7-9-20-10-8-16(21,12-20)15-11-17-19-18-15/h3-6,11,21H,2,7-10,12H2,1H3,(H,17,18,19). The van der Waals surface area contributed by atoms with Crippen LogP contribution < -0.4 is 0 Å². The Morgan fingerprint density at radius 3 is 2.86 bits per heavy atom. The first-order valence-corrected chi connectivity index (χ1v) is 7.59. The third-order valence-electron chi connectivity index (χ3n) is 4.42. The van der Waals surface area contributed by atoms with Crippen molar-refractivity contribution < 1.29 is 5.11 Å². The second kappa shape index (κ2) is 5.95. The van der Waals surface area contributed by atoms with E-state index in [1.165, 1.54) is 11.1 Å². The lowest BCUT2D eigenvalue weighted by Gasteiger charge is -2.21. The number of aromatic nitrogens is 3. The van der Waals surface area contributed by atoms with Crippen LogP contribution in [0.1, 0.15) is 30.2 Å². The van der Waals surface area contributed by atoms with E-state index in [0.717, 1.165) is 32.4 Å². The number of hydrogen-bond donors (Lipinski definition) is 2. The molecule has 2 heterocycles. The van der Waals surface area contributed by atoms with Gasteiger partial charge in [-0.05, 0) is 30.4 Å². The number of aliphatic hydroxyl groups is 1. The first kappa shape index (κ1) is 14.2. The van der Waals surface area contributed by atoms with Gasteiger partial charge in [0, 0.05) is 19.6 Å². The summed E-state index contributed by atoms with van der Waals surface area (Å²) in [6.07, 6.45) is 4.43. The number of hydrogen-bond acceptors (Lipinski definition) is 4. The second-order valence-corrected chi connectivity index (χ2v) is 5.79. The highest BCUT2D eigenvalue weighted by atomic mass is 16.3. The number of H-pyrrole nitrogens is 1. The Balaban J connectivity index is 1.60. The molecule has 2 aromatic rings. The maximum Gasteiger partial charge on any atom is 0.124 e. The summed E-state index contributed by atoms with van der Waals surface area (Å²) in [4.78, 5) is 2.31. The minimum Gasteiger partial charge on any atom is -0.382 e. The van der Waals surface area contributed by atoms with Gasteiger partial charge in [-0.3, -0.25) is 4.90 Å². The molecule has 3 rings (SSSR count). The number of benzene rings is 1. The van der Waals surface area contributed by atoms with Crippen molar-refractivity contribution in [3.05, 3.63) is 47.3 Å². The van der Waals surface area contributed by atoms with Gasteiger partial charge in [-0.15, -0.1) is 0 Å². The molecule has 21 heavy (non-hydrogen) atoms. The maximum atomic E-state index is 10.7. The molecular weight excluding hydrogens is 264 g/mol. The van der Waals surface area contributed by atoms with Crippen molar-refractivity contribution in [3.8, 4) is 0 Å². The number of likely N-dealkylation sites (tertiary alicyclic amines) is 1. The van der Waals surface area contributed by atoms with Gasteiger partial charge in [0.25, 0.3) is 0 Å². The quantitative estimate of drug-likeness (QED) is 0.874. The average Bonchev–Trinajstić information content (AvgIpc) is 3.16. The topological polar surface area (TPSA) is 65.0 Å². The van der Waals surface area contributed by atoms with Crippen LogP contribution in [0, 0.1) is 0 Å². The first-order chi connectivity index (χ1) is 10.2. The Kier molecular flexibility index (Phi) is 4.03.